The molecule has 0 unspecified atom stereocenters. The molecule has 0 saturated heterocycles. The summed E-state index contributed by atoms with van der Waals surface area (Å²) in [5.74, 6) is 0.166. The Hall–Kier alpha value is -2.24. The fourth-order valence-electron chi connectivity index (χ4n) is 3.50. The second kappa shape index (κ2) is 12.7. The molecule has 174 valence electrons. The molecule has 0 saturated carbocycles. The lowest BCUT2D eigenvalue weighted by Crippen LogP contribution is -2.50. The molecular weight excluding hydrogens is 447 g/mol. The van der Waals surface area contributed by atoms with Crippen LogP contribution < -0.4 is 10.1 Å². The number of rotatable bonds is 11. The molecule has 7 heteroatoms. The summed E-state index contributed by atoms with van der Waals surface area (Å²) < 4.78 is 5.79. The normalized spacial score (nSPS) is 11.7. The number of ether oxygens (including phenoxy) is 1. The van der Waals surface area contributed by atoms with Crippen LogP contribution in [0.15, 0.2) is 36.4 Å². The predicted molar refractivity (Wildman–Crippen MR) is 130 cm³/mol. The van der Waals surface area contributed by atoms with Crippen molar-refractivity contribution in [3.63, 3.8) is 0 Å². The molecule has 0 aliphatic rings. The first-order chi connectivity index (χ1) is 15.2. The molecule has 1 N–H and O–H groups in total. The van der Waals surface area contributed by atoms with E-state index in [-0.39, 0.29) is 25.0 Å². The Labute approximate surface area is 201 Å². The standard InChI is InChI=1S/C25H32Cl2N2O3/c1-5-7-10-28-25(31)23(6-2)29(15-19-8-9-20(26)14-22(19)27)24(30)16-32-21-12-17(3)11-18(4)13-21/h8-9,11-14,23H,5-7,10,15-16H2,1-4H3,(H,28,31)/t23-/m0/s1. The first kappa shape index (κ1) is 26.0. The van der Waals surface area contributed by atoms with Crippen LogP contribution in [0, 0.1) is 13.8 Å². The summed E-state index contributed by atoms with van der Waals surface area (Å²) in [6, 6.07) is 10.3. The molecule has 2 amide bonds. The molecule has 0 radical (unpaired) electrons. The molecule has 0 fully saturated rings. The van der Waals surface area contributed by atoms with Crippen LogP contribution in [0.4, 0.5) is 0 Å². The number of hydrogen-bond donors (Lipinski definition) is 1. The third kappa shape index (κ3) is 7.72. The first-order valence-corrected chi connectivity index (χ1v) is 11.7. The molecule has 2 rings (SSSR count). The van der Waals surface area contributed by atoms with Crippen molar-refractivity contribution in [2.24, 2.45) is 0 Å². The van der Waals surface area contributed by atoms with Crippen molar-refractivity contribution in [3.05, 3.63) is 63.1 Å². The number of halogens is 2. The molecule has 5 nitrogen and oxygen atoms in total. The molecule has 0 aliphatic carbocycles. The van der Waals surface area contributed by atoms with Crippen molar-refractivity contribution < 1.29 is 14.3 Å². The number of nitrogens with one attached hydrogen (secondary N) is 1. The quantitative estimate of drug-likeness (QED) is 0.420. The number of benzene rings is 2. The number of nitrogens with zero attached hydrogens (tertiary/aromatic N) is 1. The summed E-state index contributed by atoms with van der Waals surface area (Å²) in [5.41, 5.74) is 2.83. The summed E-state index contributed by atoms with van der Waals surface area (Å²) >= 11 is 12.4. The molecule has 1 atom stereocenters. The third-order valence-corrected chi connectivity index (χ3v) is 5.72. The van der Waals surface area contributed by atoms with Crippen molar-refractivity contribution in [1.29, 1.82) is 0 Å². The van der Waals surface area contributed by atoms with Crippen LogP contribution in [0.5, 0.6) is 5.75 Å². The van der Waals surface area contributed by atoms with Gasteiger partial charge in [0.05, 0.1) is 0 Å². The van der Waals surface area contributed by atoms with E-state index in [0.717, 1.165) is 29.5 Å². The highest BCUT2D eigenvalue weighted by atomic mass is 35.5. The maximum atomic E-state index is 13.3. The lowest BCUT2D eigenvalue weighted by molar-refractivity contribution is -0.143. The molecule has 32 heavy (non-hydrogen) atoms. The van der Waals surface area contributed by atoms with Gasteiger partial charge >= 0.3 is 0 Å². The van der Waals surface area contributed by atoms with Gasteiger partial charge in [-0.05, 0) is 67.6 Å². The first-order valence-electron chi connectivity index (χ1n) is 11.0. The van der Waals surface area contributed by atoms with Gasteiger partial charge in [-0.1, -0.05) is 55.6 Å². The maximum Gasteiger partial charge on any atom is 0.261 e. The van der Waals surface area contributed by atoms with E-state index in [1.54, 1.807) is 23.1 Å². The van der Waals surface area contributed by atoms with Gasteiger partial charge in [0.25, 0.3) is 5.91 Å². The summed E-state index contributed by atoms with van der Waals surface area (Å²) in [5, 5.41) is 3.90. The maximum absolute atomic E-state index is 13.3. The minimum Gasteiger partial charge on any atom is -0.484 e. The highest BCUT2D eigenvalue weighted by molar-refractivity contribution is 6.35. The molecule has 2 aromatic carbocycles. The SMILES string of the molecule is CCCCNC(=O)[C@H](CC)N(Cc1ccc(Cl)cc1Cl)C(=O)COc1cc(C)cc(C)c1. The highest BCUT2D eigenvalue weighted by Gasteiger charge is 2.29. The highest BCUT2D eigenvalue weighted by Crippen LogP contribution is 2.24. The number of amides is 2. The second-order valence-corrected chi connectivity index (χ2v) is 8.78. The van der Waals surface area contributed by atoms with Crippen molar-refractivity contribution in [2.45, 2.75) is 59.5 Å². The fourth-order valence-corrected chi connectivity index (χ4v) is 3.97. The van der Waals surface area contributed by atoms with Gasteiger partial charge in [-0.3, -0.25) is 9.59 Å². The Morgan fingerprint density at radius 2 is 1.75 bits per heavy atom. The van der Waals surface area contributed by atoms with E-state index in [1.165, 1.54) is 0 Å². The van der Waals surface area contributed by atoms with E-state index in [0.29, 0.717) is 28.8 Å². The van der Waals surface area contributed by atoms with E-state index in [2.05, 4.69) is 12.2 Å². The average molecular weight is 479 g/mol. The summed E-state index contributed by atoms with van der Waals surface area (Å²) in [7, 11) is 0. The van der Waals surface area contributed by atoms with Crippen molar-refractivity contribution >= 4 is 35.0 Å². The second-order valence-electron chi connectivity index (χ2n) is 7.94. The Balaban J connectivity index is 2.24. The number of carbonyl (C=O) groups excluding carboxylic acids is 2. The Kier molecular flexibility index (Phi) is 10.3. The van der Waals surface area contributed by atoms with Gasteiger partial charge in [-0.25, -0.2) is 0 Å². The van der Waals surface area contributed by atoms with Gasteiger partial charge in [0.1, 0.15) is 11.8 Å². The van der Waals surface area contributed by atoms with E-state index in [9.17, 15) is 9.59 Å². The topological polar surface area (TPSA) is 58.6 Å². The number of carbonyl (C=O) groups is 2. The zero-order valence-electron chi connectivity index (χ0n) is 19.2. The third-order valence-electron chi connectivity index (χ3n) is 5.13. The van der Waals surface area contributed by atoms with Crippen LogP contribution in [0.2, 0.25) is 10.0 Å². The van der Waals surface area contributed by atoms with Crippen molar-refractivity contribution in [2.75, 3.05) is 13.2 Å². The van der Waals surface area contributed by atoms with Crippen LogP contribution in [-0.4, -0.2) is 35.9 Å². The number of hydrogen-bond acceptors (Lipinski definition) is 3. The average Bonchev–Trinajstić information content (AvgIpc) is 2.73. The van der Waals surface area contributed by atoms with Gasteiger partial charge in [0.2, 0.25) is 5.91 Å². The monoisotopic (exact) mass is 478 g/mol. The molecule has 0 aliphatic heterocycles. The van der Waals surface area contributed by atoms with Gasteiger partial charge in [0.15, 0.2) is 6.61 Å². The van der Waals surface area contributed by atoms with Gasteiger partial charge in [-0.2, -0.15) is 0 Å². The predicted octanol–water partition coefficient (Wildman–Crippen LogP) is 5.71. The van der Waals surface area contributed by atoms with Crippen LogP contribution in [0.3, 0.4) is 0 Å². The fraction of sp³-hybridized carbons (Fsp3) is 0.440. The Morgan fingerprint density at radius 1 is 1.06 bits per heavy atom. The molecule has 0 bridgehead atoms. The van der Waals surface area contributed by atoms with E-state index >= 15 is 0 Å². The largest absolute Gasteiger partial charge is 0.484 e. The molecular formula is C25H32Cl2N2O3. The zero-order chi connectivity index (χ0) is 23.7. The van der Waals surface area contributed by atoms with E-state index < -0.39 is 6.04 Å². The number of unbranched alkanes of at least 4 members (excludes halogenated alkanes) is 1. The molecule has 0 heterocycles. The molecule has 0 aromatic heterocycles. The summed E-state index contributed by atoms with van der Waals surface area (Å²) in [6.07, 6.45) is 2.33. The molecule has 2 aromatic rings. The Bertz CT molecular complexity index is 913. The number of aryl methyl sites for hydroxylation is 2. The zero-order valence-corrected chi connectivity index (χ0v) is 20.7. The van der Waals surface area contributed by atoms with E-state index in [4.69, 9.17) is 27.9 Å². The summed E-state index contributed by atoms with van der Waals surface area (Å²) in [6.45, 7) is 8.49. The van der Waals surface area contributed by atoms with Crippen LogP contribution in [0.25, 0.3) is 0 Å². The van der Waals surface area contributed by atoms with Crippen LogP contribution in [0.1, 0.15) is 49.8 Å². The van der Waals surface area contributed by atoms with Gasteiger partial charge in [0, 0.05) is 23.1 Å². The van der Waals surface area contributed by atoms with Crippen LogP contribution in [-0.2, 0) is 16.1 Å². The van der Waals surface area contributed by atoms with Crippen molar-refractivity contribution in [3.8, 4) is 5.75 Å². The van der Waals surface area contributed by atoms with Gasteiger partial charge in [-0.15, -0.1) is 0 Å². The molecule has 0 spiro atoms. The van der Waals surface area contributed by atoms with E-state index in [1.807, 2.05) is 39.0 Å². The lowest BCUT2D eigenvalue weighted by atomic mass is 10.1. The minimum absolute atomic E-state index is 0.174. The summed E-state index contributed by atoms with van der Waals surface area (Å²) in [4.78, 5) is 27.7. The lowest BCUT2D eigenvalue weighted by Gasteiger charge is -2.31. The Morgan fingerprint density at radius 3 is 2.34 bits per heavy atom. The van der Waals surface area contributed by atoms with Crippen LogP contribution >= 0.6 is 23.2 Å². The van der Waals surface area contributed by atoms with Gasteiger partial charge < -0.3 is 15.0 Å². The van der Waals surface area contributed by atoms with Crippen molar-refractivity contribution in [1.82, 2.24) is 10.2 Å². The minimum atomic E-state index is -0.631. The smallest absolute Gasteiger partial charge is 0.261 e.